The zero-order valence-corrected chi connectivity index (χ0v) is 17.7. The molecular weight excluding hydrogens is 406 g/mol. The Balaban J connectivity index is 1.23. The van der Waals surface area contributed by atoms with Gasteiger partial charge < -0.3 is 9.80 Å². The molecule has 2 aromatic rings. The van der Waals surface area contributed by atoms with Gasteiger partial charge in [-0.15, -0.1) is 5.10 Å². The first kappa shape index (κ1) is 20.5. The van der Waals surface area contributed by atoms with Crippen LogP contribution in [0.15, 0.2) is 35.4 Å². The first-order valence-corrected chi connectivity index (χ1v) is 11.9. The lowest BCUT2D eigenvalue weighted by Crippen LogP contribution is -2.51. The van der Waals surface area contributed by atoms with E-state index in [9.17, 15) is 18.0 Å². The summed E-state index contributed by atoms with van der Waals surface area (Å²) in [6.45, 7) is 2.45. The minimum atomic E-state index is -3.21. The largest absolute Gasteiger partial charge is 0.338 e. The number of benzene rings is 1. The summed E-state index contributed by atoms with van der Waals surface area (Å²) in [6.07, 6.45) is 5.49. The van der Waals surface area contributed by atoms with Crippen molar-refractivity contribution in [2.75, 3.05) is 25.9 Å². The summed E-state index contributed by atoms with van der Waals surface area (Å²) in [4.78, 5) is 28.0. The van der Waals surface area contributed by atoms with Crippen molar-refractivity contribution in [3.8, 4) is 0 Å². The number of sulfone groups is 1. The number of rotatable bonds is 7. The SMILES string of the molecule is CS(=O)(=O)c1ccc(CCC(=O)N2CC(n3cc(CN4CCCC4=O)nn3)C2)cc1. The number of hydrogen-bond acceptors (Lipinski definition) is 6. The molecule has 1 aromatic heterocycles. The summed E-state index contributed by atoms with van der Waals surface area (Å²) in [5, 5.41) is 8.32. The van der Waals surface area contributed by atoms with Crippen molar-refractivity contribution in [1.29, 1.82) is 0 Å². The van der Waals surface area contributed by atoms with E-state index in [1.165, 1.54) is 6.26 Å². The standard InChI is InChI=1S/C20H25N5O4S/c1-30(28,29)18-7-4-15(5-8-18)6-9-20(27)24-13-17(14-24)25-12-16(21-22-25)11-23-10-2-3-19(23)26/h4-5,7-8,12,17H,2-3,6,9-11,13-14H2,1H3. The molecule has 1 aromatic carbocycles. The molecule has 0 spiro atoms. The summed E-state index contributed by atoms with van der Waals surface area (Å²) in [5.41, 5.74) is 1.71. The molecule has 9 nitrogen and oxygen atoms in total. The Morgan fingerprint density at radius 1 is 1.20 bits per heavy atom. The molecule has 0 radical (unpaired) electrons. The first-order chi connectivity index (χ1) is 14.3. The molecule has 0 unspecified atom stereocenters. The summed E-state index contributed by atoms with van der Waals surface area (Å²) in [7, 11) is -3.21. The highest BCUT2D eigenvalue weighted by Crippen LogP contribution is 2.22. The smallest absolute Gasteiger partial charge is 0.223 e. The molecule has 3 heterocycles. The topological polar surface area (TPSA) is 105 Å². The maximum absolute atomic E-state index is 12.4. The molecule has 0 bridgehead atoms. The average molecular weight is 432 g/mol. The monoisotopic (exact) mass is 431 g/mol. The van der Waals surface area contributed by atoms with Gasteiger partial charge in [0.05, 0.1) is 23.7 Å². The number of carbonyl (C=O) groups excluding carboxylic acids is 2. The lowest BCUT2D eigenvalue weighted by molar-refractivity contribution is -0.137. The third-order valence-corrected chi connectivity index (χ3v) is 6.78. The van der Waals surface area contributed by atoms with E-state index in [0.29, 0.717) is 38.9 Å². The number of likely N-dealkylation sites (tertiary alicyclic amines) is 2. The Labute approximate surface area is 175 Å². The molecule has 2 aliphatic heterocycles. The van der Waals surface area contributed by atoms with Crippen LogP contribution in [0.3, 0.4) is 0 Å². The van der Waals surface area contributed by atoms with Crippen LogP contribution < -0.4 is 0 Å². The maximum atomic E-state index is 12.4. The van der Waals surface area contributed by atoms with Gasteiger partial charge in [0.15, 0.2) is 9.84 Å². The zero-order chi connectivity index (χ0) is 21.3. The fraction of sp³-hybridized carbons (Fsp3) is 0.500. The lowest BCUT2D eigenvalue weighted by atomic mass is 10.1. The Morgan fingerprint density at radius 2 is 1.93 bits per heavy atom. The zero-order valence-electron chi connectivity index (χ0n) is 16.9. The van der Waals surface area contributed by atoms with Gasteiger partial charge in [0.25, 0.3) is 0 Å². The highest BCUT2D eigenvalue weighted by atomic mass is 32.2. The average Bonchev–Trinajstić information content (AvgIpc) is 3.28. The van der Waals surface area contributed by atoms with Gasteiger partial charge in [-0.25, -0.2) is 13.1 Å². The van der Waals surface area contributed by atoms with Crippen molar-refractivity contribution in [2.45, 2.75) is 43.2 Å². The van der Waals surface area contributed by atoms with Crippen LogP contribution in [0.1, 0.15) is 36.6 Å². The van der Waals surface area contributed by atoms with Crippen LogP contribution in [0.5, 0.6) is 0 Å². The van der Waals surface area contributed by atoms with Crippen LogP contribution in [-0.4, -0.2) is 70.9 Å². The molecule has 30 heavy (non-hydrogen) atoms. The number of carbonyl (C=O) groups is 2. The molecule has 0 saturated carbocycles. The molecule has 2 amide bonds. The third-order valence-electron chi connectivity index (χ3n) is 5.65. The summed E-state index contributed by atoms with van der Waals surface area (Å²) >= 11 is 0. The number of hydrogen-bond donors (Lipinski definition) is 0. The highest BCUT2D eigenvalue weighted by molar-refractivity contribution is 7.90. The molecule has 4 rings (SSSR count). The van der Waals surface area contributed by atoms with Crippen molar-refractivity contribution in [1.82, 2.24) is 24.8 Å². The molecule has 160 valence electrons. The quantitative estimate of drug-likeness (QED) is 0.643. The van der Waals surface area contributed by atoms with E-state index >= 15 is 0 Å². The van der Waals surface area contributed by atoms with Gasteiger partial charge in [-0.1, -0.05) is 17.3 Å². The second-order valence-corrected chi connectivity index (χ2v) is 9.99. The normalized spacial score (nSPS) is 17.4. The first-order valence-electron chi connectivity index (χ1n) is 10.0. The lowest BCUT2D eigenvalue weighted by Gasteiger charge is -2.39. The van der Waals surface area contributed by atoms with E-state index in [-0.39, 0.29) is 22.8 Å². The summed E-state index contributed by atoms with van der Waals surface area (Å²) in [5.74, 6) is 0.234. The van der Waals surface area contributed by atoms with E-state index in [0.717, 1.165) is 24.2 Å². The van der Waals surface area contributed by atoms with Gasteiger partial charge in [-0.05, 0) is 30.5 Å². The number of aromatic nitrogens is 3. The Hall–Kier alpha value is -2.75. The van der Waals surface area contributed by atoms with Gasteiger partial charge in [0, 0.05) is 38.7 Å². The van der Waals surface area contributed by atoms with Crippen LogP contribution in [0.4, 0.5) is 0 Å². The third kappa shape index (κ3) is 4.53. The van der Waals surface area contributed by atoms with Gasteiger partial charge in [-0.2, -0.15) is 0 Å². The van der Waals surface area contributed by atoms with E-state index in [2.05, 4.69) is 10.3 Å². The predicted octanol–water partition coefficient (Wildman–Crippen LogP) is 0.820. The van der Waals surface area contributed by atoms with E-state index in [1.807, 2.05) is 6.20 Å². The Kier molecular flexibility index (Phi) is 5.59. The molecule has 0 N–H and O–H groups in total. The van der Waals surface area contributed by atoms with Crippen LogP contribution in [0.2, 0.25) is 0 Å². The molecule has 0 atom stereocenters. The summed E-state index contributed by atoms with van der Waals surface area (Å²) in [6, 6.07) is 6.77. The second-order valence-electron chi connectivity index (χ2n) is 7.98. The van der Waals surface area contributed by atoms with Crippen LogP contribution in [0.25, 0.3) is 0 Å². The highest BCUT2D eigenvalue weighted by Gasteiger charge is 2.32. The minimum absolute atomic E-state index is 0.0708. The van der Waals surface area contributed by atoms with Crippen LogP contribution >= 0.6 is 0 Å². The van der Waals surface area contributed by atoms with Gasteiger partial charge >= 0.3 is 0 Å². The van der Waals surface area contributed by atoms with Gasteiger partial charge in [-0.3, -0.25) is 9.59 Å². The fourth-order valence-corrected chi connectivity index (χ4v) is 4.40. The van der Waals surface area contributed by atoms with Crippen LogP contribution in [0, 0.1) is 0 Å². The van der Waals surface area contributed by atoms with E-state index < -0.39 is 9.84 Å². The van der Waals surface area contributed by atoms with Gasteiger partial charge in [0.2, 0.25) is 11.8 Å². The minimum Gasteiger partial charge on any atom is -0.338 e. The van der Waals surface area contributed by atoms with Crippen molar-refractivity contribution < 1.29 is 18.0 Å². The van der Waals surface area contributed by atoms with Gasteiger partial charge in [0.1, 0.15) is 5.69 Å². The molecular formula is C20H25N5O4S. The molecule has 2 aliphatic rings. The second kappa shape index (κ2) is 8.17. The van der Waals surface area contributed by atoms with Crippen LogP contribution in [-0.2, 0) is 32.4 Å². The summed E-state index contributed by atoms with van der Waals surface area (Å²) < 4.78 is 24.8. The number of aryl methyl sites for hydroxylation is 1. The van der Waals surface area contributed by atoms with Crippen molar-refractivity contribution in [3.63, 3.8) is 0 Å². The Morgan fingerprint density at radius 3 is 2.57 bits per heavy atom. The van der Waals surface area contributed by atoms with Crippen molar-refractivity contribution >= 4 is 21.7 Å². The fourth-order valence-electron chi connectivity index (χ4n) is 3.77. The molecule has 2 saturated heterocycles. The predicted molar refractivity (Wildman–Crippen MR) is 108 cm³/mol. The molecule has 0 aliphatic carbocycles. The van der Waals surface area contributed by atoms with E-state index in [1.54, 1.807) is 38.7 Å². The van der Waals surface area contributed by atoms with Crippen molar-refractivity contribution in [2.24, 2.45) is 0 Å². The number of amides is 2. The maximum Gasteiger partial charge on any atom is 0.223 e. The molecule has 2 fully saturated rings. The van der Waals surface area contributed by atoms with E-state index in [4.69, 9.17) is 0 Å². The molecule has 10 heteroatoms. The Bertz CT molecular complexity index is 1040. The van der Waals surface area contributed by atoms with Crippen molar-refractivity contribution in [3.05, 3.63) is 41.7 Å². The number of nitrogens with zero attached hydrogens (tertiary/aromatic N) is 5.